The van der Waals surface area contributed by atoms with Crippen LogP contribution in [-0.4, -0.2) is 29.5 Å². The van der Waals surface area contributed by atoms with Crippen LogP contribution in [0.1, 0.15) is 24.2 Å². The lowest BCUT2D eigenvalue weighted by Crippen LogP contribution is -2.39. The van der Waals surface area contributed by atoms with E-state index in [1.165, 1.54) is 11.3 Å². The highest BCUT2D eigenvalue weighted by Crippen LogP contribution is 2.20. The maximum Gasteiger partial charge on any atom is 0.338 e. The number of ether oxygens (including phenoxy) is 1. The number of aromatic nitrogens is 1. The fourth-order valence-electron chi connectivity index (χ4n) is 2.58. The summed E-state index contributed by atoms with van der Waals surface area (Å²) in [5.74, 6) is -0.770. The Morgan fingerprint density at radius 1 is 1.16 bits per heavy atom. The number of nitrogens with zero attached hydrogens (tertiary/aromatic N) is 2. The fraction of sp³-hybridized carbons (Fsp3) is 0.211. The van der Waals surface area contributed by atoms with Crippen LogP contribution in [0.2, 0.25) is 0 Å². The maximum atomic E-state index is 12.5. The fourth-order valence-corrected chi connectivity index (χ4v) is 3.30. The van der Waals surface area contributed by atoms with Crippen molar-refractivity contribution in [2.45, 2.75) is 19.9 Å². The topological polar surface area (TPSA) is 59.5 Å². The molecular formula is C19H18N2O3S. The molecule has 0 saturated carbocycles. The second kappa shape index (κ2) is 7.44. The van der Waals surface area contributed by atoms with Crippen molar-refractivity contribution in [3.8, 4) is 0 Å². The predicted octanol–water partition coefficient (Wildman–Crippen LogP) is 3.89. The van der Waals surface area contributed by atoms with Gasteiger partial charge >= 0.3 is 5.97 Å². The highest BCUT2D eigenvalue weighted by Gasteiger charge is 2.20. The number of thiazole rings is 1. The molecule has 0 aliphatic carbocycles. The van der Waals surface area contributed by atoms with E-state index in [4.69, 9.17) is 4.74 Å². The molecule has 3 aromatic rings. The summed E-state index contributed by atoms with van der Waals surface area (Å²) in [6.45, 7) is 3.54. The summed E-state index contributed by atoms with van der Waals surface area (Å²) in [6.07, 6.45) is 0. The largest absolute Gasteiger partial charge is 0.452 e. The Hall–Kier alpha value is -2.73. The number of esters is 1. The number of carbonyl (C=O) groups excluding carboxylic acids is 2. The van der Waals surface area contributed by atoms with Gasteiger partial charge < -0.3 is 9.64 Å². The lowest BCUT2D eigenvalue weighted by Gasteiger charge is -2.26. The van der Waals surface area contributed by atoms with Crippen LogP contribution >= 0.6 is 11.3 Å². The van der Waals surface area contributed by atoms with Crippen molar-refractivity contribution in [3.05, 3.63) is 59.6 Å². The molecule has 128 valence electrons. The third-order valence-corrected chi connectivity index (χ3v) is 4.50. The molecule has 0 aliphatic heterocycles. The smallest absolute Gasteiger partial charge is 0.338 e. The first kappa shape index (κ1) is 17.1. The normalized spacial score (nSPS) is 10.8. The molecule has 0 spiro atoms. The Balaban J connectivity index is 1.68. The number of para-hydroxylation sites is 1. The van der Waals surface area contributed by atoms with Crippen LogP contribution in [0.5, 0.6) is 0 Å². The van der Waals surface area contributed by atoms with Crippen LogP contribution in [0.4, 0.5) is 5.69 Å². The summed E-state index contributed by atoms with van der Waals surface area (Å²) in [5, 5.41) is 0. The van der Waals surface area contributed by atoms with Gasteiger partial charge in [0.1, 0.15) is 0 Å². The number of fused-ring (bicyclic) bond motifs is 1. The number of hydrogen-bond acceptors (Lipinski definition) is 5. The molecule has 0 radical (unpaired) electrons. The molecule has 0 N–H and O–H groups in total. The van der Waals surface area contributed by atoms with Crippen LogP contribution in [0, 0.1) is 0 Å². The molecule has 0 saturated heterocycles. The van der Waals surface area contributed by atoms with E-state index < -0.39 is 5.97 Å². The van der Waals surface area contributed by atoms with Gasteiger partial charge in [-0.2, -0.15) is 0 Å². The van der Waals surface area contributed by atoms with Crippen LogP contribution in [-0.2, 0) is 9.53 Å². The third kappa shape index (κ3) is 3.85. The van der Waals surface area contributed by atoms with E-state index in [0.717, 1.165) is 15.9 Å². The van der Waals surface area contributed by atoms with Crippen molar-refractivity contribution in [2.24, 2.45) is 0 Å². The summed E-state index contributed by atoms with van der Waals surface area (Å²) in [4.78, 5) is 30.6. The molecule has 6 heteroatoms. The molecule has 0 aliphatic rings. The lowest BCUT2D eigenvalue weighted by atomic mass is 10.2. The SMILES string of the molecule is CC(C)N(C(=O)COC(=O)c1ccc2ncsc2c1)c1ccccc1. The van der Waals surface area contributed by atoms with Gasteiger partial charge in [0.15, 0.2) is 6.61 Å². The summed E-state index contributed by atoms with van der Waals surface area (Å²) >= 11 is 1.46. The van der Waals surface area contributed by atoms with Crippen molar-refractivity contribution >= 4 is 39.1 Å². The Morgan fingerprint density at radius 2 is 1.92 bits per heavy atom. The minimum Gasteiger partial charge on any atom is -0.452 e. The molecule has 1 heterocycles. The molecular weight excluding hydrogens is 336 g/mol. The van der Waals surface area contributed by atoms with E-state index in [1.54, 1.807) is 28.6 Å². The van der Waals surface area contributed by atoms with E-state index in [9.17, 15) is 9.59 Å². The highest BCUT2D eigenvalue weighted by molar-refractivity contribution is 7.16. The van der Waals surface area contributed by atoms with Gasteiger partial charge in [-0.05, 0) is 44.2 Å². The molecule has 0 atom stereocenters. The molecule has 0 fully saturated rings. The van der Waals surface area contributed by atoms with Crippen molar-refractivity contribution in [1.82, 2.24) is 4.98 Å². The Morgan fingerprint density at radius 3 is 2.64 bits per heavy atom. The van der Waals surface area contributed by atoms with Gasteiger partial charge in [0.25, 0.3) is 5.91 Å². The molecule has 3 rings (SSSR count). The molecule has 1 amide bonds. The zero-order valence-electron chi connectivity index (χ0n) is 14.0. The van der Waals surface area contributed by atoms with Crippen molar-refractivity contribution in [3.63, 3.8) is 0 Å². The molecule has 0 unspecified atom stereocenters. The van der Waals surface area contributed by atoms with Crippen molar-refractivity contribution < 1.29 is 14.3 Å². The number of hydrogen-bond donors (Lipinski definition) is 0. The number of anilines is 1. The molecule has 0 bridgehead atoms. The zero-order valence-corrected chi connectivity index (χ0v) is 14.8. The van der Waals surface area contributed by atoms with Gasteiger partial charge in [0.05, 0.1) is 21.3 Å². The predicted molar refractivity (Wildman–Crippen MR) is 99.0 cm³/mol. The second-order valence-corrected chi connectivity index (χ2v) is 6.69. The van der Waals surface area contributed by atoms with Crippen LogP contribution in [0.3, 0.4) is 0 Å². The van der Waals surface area contributed by atoms with Crippen LogP contribution < -0.4 is 4.90 Å². The maximum absolute atomic E-state index is 12.5. The minimum absolute atomic E-state index is 0.0397. The first-order valence-electron chi connectivity index (χ1n) is 7.94. The number of benzene rings is 2. The van der Waals surface area contributed by atoms with E-state index in [1.807, 2.05) is 44.2 Å². The molecule has 25 heavy (non-hydrogen) atoms. The number of amides is 1. The lowest BCUT2D eigenvalue weighted by molar-refractivity contribution is -0.122. The van der Waals surface area contributed by atoms with Crippen LogP contribution in [0.15, 0.2) is 54.0 Å². The second-order valence-electron chi connectivity index (χ2n) is 5.80. The summed E-state index contributed by atoms with van der Waals surface area (Å²) in [7, 11) is 0. The van der Waals surface area contributed by atoms with E-state index in [-0.39, 0.29) is 18.6 Å². The zero-order chi connectivity index (χ0) is 17.8. The van der Waals surface area contributed by atoms with Crippen molar-refractivity contribution in [2.75, 3.05) is 11.5 Å². The summed E-state index contributed by atoms with van der Waals surface area (Å²) in [5.41, 5.74) is 3.77. The first-order chi connectivity index (χ1) is 12.1. The van der Waals surface area contributed by atoms with Gasteiger partial charge in [-0.15, -0.1) is 11.3 Å². The van der Waals surface area contributed by atoms with E-state index >= 15 is 0 Å². The van der Waals surface area contributed by atoms with Gasteiger partial charge in [0, 0.05) is 11.7 Å². The number of carbonyl (C=O) groups is 2. The van der Waals surface area contributed by atoms with Crippen molar-refractivity contribution in [1.29, 1.82) is 0 Å². The highest BCUT2D eigenvalue weighted by atomic mass is 32.1. The Bertz CT molecular complexity index is 890. The quantitative estimate of drug-likeness (QED) is 0.652. The summed E-state index contributed by atoms with van der Waals surface area (Å²) < 4.78 is 6.13. The third-order valence-electron chi connectivity index (χ3n) is 3.71. The molecule has 5 nitrogen and oxygen atoms in total. The van der Waals surface area contributed by atoms with Crippen LogP contribution in [0.25, 0.3) is 10.2 Å². The Kier molecular flexibility index (Phi) is 5.09. The Labute approximate surface area is 149 Å². The molecule has 2 aromatic carbocycles. The van der Waals surface area contributed by atoms with Gasteiger partial charge in [-0.3, -0.25) is 4.79 Å². The number of rotatable bonds is 5. The minimum atomic E-state index is -0.514. The van der Waals surface area contributed by atoms with E-state index in [0.29, 0.717) is 5.56 Å². The summed E-state index contributed by atoms with van der Waals surface area (Å²) in [6, 6.07) is 14.5. The van der Waals surface area contributed by atoms with Gasteiger partial charge in [-0.25, -0.2) is 9.78 Å². The van der Waals surface area contributed by atoms with Gasteiger partial charge in [-0.1, -0.05) is 18.2 Å². The van der Waals surface area contributed by atoms with E-state index in [2.05, 4.69) is 4.98 Å². The molecule has 1 aromatic heterocycles. The first-order valence-corrected chi connectivity index (χ1v) is 8.81. The average Bonchev–Trinajstić information content (AvgIpc) is 3.08. The monoisotopic (exact) mass is 354 g/mol. The standard InChI is InChI=1S/C19H18N2O3S/c1-13(2)21(15-6-4-3-5-7-15)18(22)11-24-19(23)14-8-9-16-17(10-14)25-12-20-16/h3-10,12-13H,11H2,1-2H3. The van der Waals surface area contributed by atoms with Gasteiger partial charge in [0.2, 0.25) is 0 Å². The average molecular weight is 354 g/mol.